The molecule has 0 saturated heterocycles. The third-order valence-electron chi connectivity index (χ3n) is 2.96. The van der Waals surface area contributed by atoms with E-state index in [-0.39, 0.29) is 5.69 Å². The second-order valence-electron chi connectivity index (χ2n) is 4.33. The van der Waals surface area contributed by atoms with E-state index in [9.17, 15) is 10.1 Å². The number of hydrogen-bond donors (Lipinski definition) is 0. The maximum absolute atomic E-state index is 10.6. The number of halogens is 1. The van der Waals surface area contributed by atoms with Gasteiger partial charge in [0, 0.05) is 22.2 Å². The Morgan fingerprint density at radius 1 is 1.05 bits per heavy atom. The van der Waals surface area contributed by atoms with E-state index < -0.39 is 4.92 Å². The number of nitrogens with zero attached hydrogens (tertiary/aromatic N) is 4. The molecule has 0 amide bonds. The number of nitro benzene ring substituents is 1. The van der Waals surface area contributed by atoms with Crippen molar-refractivity contribution in [2.75, 3.05) is 0 Å². The molecule has 0 atom stereocenters. The Balaban J connectivity index is 1.90. The third-order valence-corrected chi connectivity index (χ3v) is 3.49. The highest BCUT2D eigenvalue weighted by Crippen LogP contribution is 2.21. The molecule has 0 aliphatic rings. The van der Waals surface area contributed by atoms with Crippen LogP contribution in [0.4, 0.5) is 5.69 Å². The molecule has 0 N–H and O–H groups in total. The second kappa shape index (κ2) is 5.45. The Labute approximate surface area is 128 Å². The highest BCUT2D eigenvalue weighted by atomic mass is 79.9. The molecule has 0 fully saturated rings. The van der Waals surface area contributed by atoms with Crippen LogP contribution in [0.1, 0.15) is 0 Å². The summed E-state index contributed by atoms with van der Waals surface area (Å²) in [5.74, 6) is 0. The first-order valence-corrected chi connectivity index (χ1v) is 6.86. The van der Waals surface area contributed by atoms with Crippen LogP contribution in [0.15, 0.2) is 59.2 Å². The highest BCUT2D eigenvalue weighted by Gasteiger charge is 2.08. The summed E-state index contributed by atoms with van der Waals surface area (Å²) in [6, 6.07) is 13.9. The SMILES string of the molecule is O=[N+]([O-])c1ccc(-n2cc(-c3ccc(Br)cc3)nn2)cc1. The van der Waals surface area contributed by atoms with Crippen LogP contribution in [0.3, 0.4) is 0 Å². The topological polar surface area (TPSA) is 73.8 Å². The van der Waals surface area contributed by atoms with Gasteiger partial charge in [-0.05, 0) is 24.3 Å². The van der Waals surface area contributed by atoms with Crippen molar-refractivity contribution in [3.63, 3.8) is 0 Å². The Morgan fingerprint density at radius 2 is 1.71 bits per heavy atom. The molecule has 0 bridgehead atoms. The predicted octanol–water partition coefficient (Wildman–Crippen LogP) is 3.61. The molecule has 6 nitrogen and oxygen atoms in total. The molecule has 7 heteroatoms. The lowest BCUT2D eigenvalue weighted by molar-refractivity contribution is -0.384. The maximum atomic E-state index is 10.6. The molecule has 1 heterocycles. The lowest BCUT2D eigenvalue weighted by Crippen LogP contribution is -1.95. The third kappa shape index (κ3) is 2.82. The minimum Gasteiger partial charge on any atom is -0.258 e. The van der Waals surface area contributed by atoms with Crippen molar-refractivity contribution in [1.82, 2.24) is 15.0 Å². The van der Waals surface area contributed by atoms with Crippen molar-refractivity contribution in [2.24, 2.45) is 0 Å². The summed E-state index contributed by atoms with van der Waals surface area (Å²) < 4.78 is 2.58. The molecule has 0 unspecified atom stereocenters. The fourth-order valence-corrected chi connectivity index (χ4v) is 2.13. The summed E-state index contributed by atoms with van der Waals surface area (Å²) >= 11 is 3.38. The van der Waals surface area contributed by atoms with Crippen molar-refractivity contribution < 1.29 is 4.92 Å². The molecular weight excluding hydrogens is 336 g/mol. The van der Waals surface area contributed by atoms with E-state index in [0.717, 1.165) is 21.4 Å². The molecule has 21 heavy (non-hydrogen) atoms. The molecule has 0 saturated carbocycles. The average Bonchev–Trinajstić information content (AvgIpc) is 2.98. The highest BCUT2D eigenvalue weighted by molar-refractivity contribution is 9.10. The molecule has 3 rings (SSSR count). The molecule has 0 radical (unpaired) electrons. The summed E-state index contributed by atoms with van der Waals surface area (Å²) in [6.45, 7) is 0. The van der Waals surface area contributed by atoms with Gasteiger partial charge in [0.1, 0.15) is 5.69 Å². The molecular formula is C14H9BrN4O2. The second-order valence-corrected chi connectivity index (χ2v) is 5.24. The Morgan fingerprint density at radius 3 is 2.33 bits per heavy atom. The number of aromatic nitrogens is 3. The first kappa shape index (κ1) is 13.4. The molecule has 0 aliphatic carbocycles. The van der Waals surface area contributed by atoms with Crippen LogP contribution in [-0.4, -0.2) is 19.9 Å². The maximum Gasteiger partial charge on any atom is 0.269 e. The van der Waals surface area contributed by atoms with E-state index in [2.05, 4.69) is 26.2 Å². The van der Waals surface area contributed by atoms with Crippen molar-refractivity contribution in [3.8, 4) is 16.9 Å². The number of non-ortho nitro benzene ring substituents is 1. The van der Waals surface area contributed by atoms with E-state index in [1.54, 1.807) is 23.0 Å². The van der Waals surface area contributed by atoms with Crippen LogP contribution in [0.5, 0.6) is 0 Å². The predicted molar refractivity (Wildman–Crippen MR) is 81.1 cm³/mol. The Bertz CT molecular complexity index is 781. The van der Waals surface area contributed by atoms with Gasteiger partial charge in [0.05, 0.1) is 16.8 Å². The lowest BCUT2D eigenvalue weighted by atomic mass is 10.2. The summed E-state index contributed by atoms with van der Waals surface area (Å²) in [6.07, 6.45) is 1.78. The van der Waals surface area contributed by atoms with Gasteiger partial charge in [-0.15, -0.1) is 5.10 Å². The Kier molecular flexibility index (Phi) is 3.49. The van der Waals surface area contributed by atoms with Gasteiger partial charge >= 0.3 is 0 Å². The van der Waals surface area contributed by atoms with Crippen molar-refractivity contribution in [3.05, 3.63) is 69.3 Å². The number of hydrogen-bond acceptors (Lipinski definition) is 4. The van der Waals surface area contributed by atoms with Crippen molar-refractivity contribution in [2.45, 2.75) is 0 Å². The van der Waals surface area contributed by atoms with Gasteiger partial charge in [0.15, 0.2) is 0 Å². The quantitative estimate of drug-likeness (QED) is 0.537. The minimum absolute atomic E-state index is 0.0481. The van der Waals surface area contributed by atoms with Gasteiger partial charge in [-0.25, -0.2) is 4.68 Å². The first-order chi connectivity index (χ1) is 10.1. The van der Waals surface area contributed by atoms with Crippen LogP contribution in [0, 0.1) is 10.1 Å². The van der Waals surface area contributed by atoms with Gasteiger partial charge in [-0.2, -0.15) is 0 Å². The van der Waals surface area contributed by atoms with Gasteiger partial charge in [-0.1, -0.05) is 33.3 Å². The summed E-state index contributed by atoms with van der Waals surface area (Å²) in [5.41, 5.74) is 2.45. The minimum atomic E-state index is -0.432. The summed E-state index contributed by atoms with van der Waals surface area (Å²) in [5, 5.41) is 18.8. The number of nitro groups is 1. The molecule has 0 aliphatic heterocycles. The Hall–Kier alpha value is -2.54. The van der Waals surface area contributed by atoms with Gasteiger partial charge in [0.25, 0.3) is 5.69 Å². The average molecular weight is 345 g/mol. The largest absolute Gasteiger partial charge is 0.269 e. The van der Waals surface area contributed by atoms with Crippen molar-refractivity contribution in [1.29, 1.82) is 0 Å². The van der Waals surface area contributed by atoms with E-state index in [0.29, 0.717) is 0 Å². The van der Waals surface area contributed by atoms with Crippen LogP contribution in [0.2, 0.25) is 0 Å². The lowest BCUT2D eigenvalue weighted by Gasteiger charge is -1.99. The fraction of sp³-hybridized carbons (Fsp3) is 0. The van der Waals surface area contributed by atoms with Gasteiger partial charge in [-0.3, -0.25) is 10.1 Å². The van der Waals surface area contributed by atoms with E-state index in [1.807, 2.05) is 24.3 Å². The van der Waals surface area contributed by atoms with Crippen molar-refractivity contribution >= 4 is 21.6 Å². The number of rotatable bonds is 3. The monoisotopic (exact) mass is 344 g/mol. The number of benzene rings is 2. The van der Waals surface area contributed by atoms with Crippen LogP contribution in [-0.2, 0) is 0 Å². The van der Waals surface area contributed by atoms with Gasteiger partial charge < -0.3 is 0 Å². The molecule has 3 aromatic rings. The first-order valence-electron chi connectivity index (χ1n) is 6.06. The molecule has 1 aromatic heterocycles. The zero-order chi connectivity index (χ0) is 14.8. The molecule has 2 aromatic carbocycles. The zero-order valence-corrected chi connectivity index (χ0v) is 12.3. The van der Waals surface area contributed by atoms with Crippen LogP contribution >= 0.6 is 15.9 Å². The summed E-state index contributed by atoms with van der Waals surface area (Å²) in [4.78, 5) is 10.2. The zero-order valence-electron chi connectivity index (χ0n) is 10.7. The fourth-order valence-electron chi connectivity index (χ4n) is 1.87. The van der Waals surface area contributed by atoms with Crippen LogP contribution in [0.25, 0.3) is 16.9 Å². The standard InChI is InChI=1S/C14H9BrN4O2/c15-11-3-1-10(2-4-11)14-9-18(17-16-14)12-5-7-13(8-6-12)19(20)21/h1-9H. The summed E-state index contributed by atoms with van der Waals surface area (Å²) in [7, 11) is 0. The van der Waals surface area contributed by atoms with E-state index in [1.165, 1.54) is 12.1 Å². The van der Waals surface area contributed by atoms with E-state index >= 15 is 0 Å². The molecule has 0 spiro atoms. The smallest absolute Gasteiger partial charge is 0.258 e. The van der Waals surface area contributed by atoms with Crippen LogP contribution < -0.4 is 0 Å². The normalized spacial score (nSPS) is 10.5. The molecule has 104 valence electrons. The van der Waals surface area contributed by atoms with Gasteiger partial charge in [0.2, 0.25) is 0 Å². The van der Waals surface area contributed by atoms with E-state index in [4.69, 9.17) is 0 Å².